The molecule has 4 nitrogen and oxygen atoms in total. The quantitative estimate of drug-likeness (QED) is 0.417. The Morgan fingerprint density at radius 3 is 1.97 bits per heavy atom. The summed E-state index contributed by atoms with van der Waals surface area (Å²) in [7, 11) is 0.824. The Morgan fingerprint density at radius 2 is 1.48 bits per heavy atom. The first-order valence-corrected chi connectivity index (χ1v) is 13.6. The van der Waals surface area contributed by atoms with Crippen LogP contribution in [0.1, 0.15) is 61.1 Å². The van der Waals surface area contributed by atoms with E-state index in [1.807, 2.05) is 78.4 Å². The fraction of sp³-hybridized carbons (Fsp3) is 0.500. The van der Waals surface area contributed by atoms with Gasteiger partial charge in [-0.15, -0.1) is 0 Å². The van der Waals surface area contributed by atoms with E-state index < -0.39 is 11.0 Å². The van der Waals surface area contributed by atoms with Crippen LogP contribution in [0.15, 0.2) is 60.6 Å². The number of rotatable bonds is 5. The monoisotopic (exact) mass is 475 g/mol. The summed E-state index contributed by atoms with van der Waals surface area (Å²) in [6, 6.07) is 8.38. The minimum Gasteiger partial charge on any atom is -0.368 e. The van der Waals surface area contributed by atoms with Gasteiger partial charge in [-0.2, -0.15) is 0 Å². The molecule has 1 aliphatic rings. The molecule has 2 heterocycles. The molecule has 2 aromatic rings. The van der Waals surface area contributed by atoms with Crippen molar-refractivity contribution in [3.05, 3.63) is 66.3 Å². The number of nitrogens with zero attached hydrogens (tertiary/aromatic N) is 3. The number of benzene rings is 1. The van der Waals surface area contributed by atoms with E-state index >= 15 is 0 Å². The first-order valence-electron chi connectivity index (χ1n) is 12.5. The second-order valence-corrected chi connectivity index (χ2v) is 7.67. The van der Waals surface area contributed by atoms with Crippen molar-refractivity contribution in [1.29, 1.82) is 0 Å². The van der Waals surface area contributed by atoms with Crippen molar-refractivity contribution < 1.29 is 4.21 Å². The molecule has 1 atom stereocenters. The number of hydrogen-bond donors (Lipinski definition) is 0. The Bertz CT molecular complexity index is 859. The summed E-state index contributed by atoms with van der Waals surface area (Å²) in [6.45, 7) is 29.6. The fourth-order valence-corrected chi connectivity index (χ4v) is 4.50. The van der Waals surface area contributed by atoms with Gasteiger partial charge in [-0.3, -0.25) is 3.97 Å². The molecule has 1 aliphatic heterocycles. The van der Waals surface area contributed by atoms with Crippen molar-refractivity contribution >= 4 is 27.6 Å². The number of fused-ring (bicyclic) bond motifs is 1. The molecule has 0 amide bonds. The number of allylic oxidation sites excluding steroid dienone is 3. The lowest BCUT2D eigenvalue weighted by atomic mass is 10.1. The summed E-state index contributed by atoms with van der Waals surface area (Å²) in [5.41, 5.74) is 3.19. The lowest BCUT2D eigenvalue weighted by Gasteiger charge is -2.34. The van der Waals surface area contributed by atoms with Gasteiger partial charge in [-0.05, 0) is 38.2 Å². The molecule has 0 N–H and O–H groups in total. The Labute approximate surface area is 207 Å². The van der Waals surface area contributed by atoms with Gasteiger partial charge in [0.2, 0.25) is 0 Å². The maximum atomic E-state index is 13.1. The third-order valence-electron chi connectivity index (χ3n) is 4.65. The van der Waals surface area contributed by atoms with Crippen molar-refractivity contribution in [3.8, 4) is 0 Å². The Balaban J connectivity index is 0. The molecule has 1 saturated heterocycles. The van der Waals surface area contributed by atoms with Crippen LogP contribution in [0.2, 0.25) is 0 Å². The molecular weight excluding hydrogens is 426 g/mol. The molecule has 0 radical (unpaired) electrons. The van der Waals surface area contributed by atoms with Gasteiger partial charge in [-0.1, -0.05) is 86.8 Å². The zero-order valence-corrected chi connectivity index (χ0v) is 23.8. The van der Waals surface area contributed by atoms with Crippen LogP contribution in [0.25, 0.3) is 10.9 Å². The maximum Gasteiger partial charge on any atom is 0.157 e. The van der Waals surface area contributed by atoms with Crippen molar-refractivity contribution in [3.63, 3.8) is 0 Å². The third kappa shape index (κ3) is 8.98. The highest BCUT2D eigenvalue weighted by atomic mass is 32.2. The molecule has 1 fully saturated rings. The minimum atomic E-state index is -1.33. The second-order valence-electron chi connectivity index (χ2n) is 6.34. The summed E-state index contributed by atoms with van der Waals surface area (Å²) in [6.07, 6.45) is 5.03. The van der Waals surface area contributed by atoms with E-state index in [1.165, 1.54) is 5.69 Å². The van der Waals surface area contributed by atoms with Gasteiger partial charge in [0, 0.05) is 42.9 Å². The Kier molecular flexibility index (Phi) is 19.4. The summed E-state index contributed by atoms with van der Waals surface area (Å²) < 4.78 is 14.9. The van der Waals surface area contributed by atoms with Crippen LogP contribution >= 0.6 is 0 Å². The van der Waals surface area contributed by atoms with Crippen molar-refractivity contribution in [2.45, 2.75) is 62.3 Å². The summed E-state index contributed by atoms with van der Waals surface area (Å²) in [5.74, 6) is 0. The molecule has 0 saturated carbocycles. The lowest BCUT2D eigenvalue weighted by Crippen LogP contribution is -2.44. The number of hydrogen-bond acceptors (Lipinski definition) is 3. The molecule has 1 unspecified atom stereocenters. The van der Waals surface area contributed by atoms with Gasteiger partial charge in [0.1, 0.15) is 0 Å². The van der Waals surface area contributed by atoms with E-state index in [2.05, 4.69) is 42.1 Å². The fourth-order valence-electron chi connectivity index (χ4n) is 3.29. The summed E-state index contributed by atoms with van der Waals surface area (Å²) in [4.78, 5) is 5.42. The lowest BCUT2D eigenvalue weighted by molar-refractivity contribution is 0.313. The van der Waals surface area contributed by atoms with Crippen molar-refractivity contribution in [1.82, 2.24) is 8.87 Å². The van der Waals surface area contributed by atoms with E-state index in [0.29, 0.717) is 4.91 Å². The third-order valence-corrected chi connectivity index (χ3v) is 6.17. The molecule has 3 rings (SSSR count). The van der Waals surface area contributed by atoms with Gasteiger partial charge in [0.05, 0.1) is 10.4 Å². The molecule has 1 aromatic carbocycles. The average molecular weight is 476 g/mol. The maximum absolute atomic E-state index is 13.1. The van der Waals surface area contributed by atoms with Crippen LogP contribution in [-0.4, -0.2) is 46.3 Å². The average Bonchev–Trinajstić information content (AvgIpc) is 3.23. The molecule has 5 heteroatoms. The normalized spacial score (nSPS) is 14.1. The molecule has 0 aliphatic carbocycles. The predicted molar refractivity (Wildman–Crippen MR) is 154 cm³/mol. The van der Waals surface area contributed by atoms with E-state index in [4.69, 9.17) is 0 Å². The largest absolute Gasteiger partial charge is 0.368 e. The van der Waals surface area contributed by atoms with Crippen LogP contribution in [-0.2, 0) is 11.0 Å². The first-order chi connectivity index (χ1) is 16.1. The highest BCUT2D eigenvalue weighted by molar-refractivity contribution is 7.88. The van der Waals surface area contributed by atoms with Crippen LogP contribution < -0.4 is 4.90 Å². The minimum absolute atomic E-state index is 0.653. The van der Waals surface area contributed by atoms with Crippen molar-refractivity contribution in [2.75, 3.05) is 38.1 Å². The van der Waals surface area contributed by atoms with Gasteiger partial charge in [-0.25, -0.2) is 4.21 Å². The highest BCUT2D eigenvalue weighted by Gasteiger charge is 2.20. The predicted octanol–water partition coefficient (Wildman–Crippen LogP) is 7.57. The molecule has 188 valence electrons. The van der Waals surface area contributed by atoms with Crippen molar-refractivity contribution in [2.24, 2.45) is 0 Å². The van der Waals surface area contributed by atoms with Crippen LogP contribution in [0.3, 0.4) is 0 Å². The molecule has 0 bridgehead atoms. The summed E-state index contributed by atoms with van der Waals surface area (Å²) in [5, 5.41) is 1.15. The highest BCUT2D eigenvalue weighted by Crippen LogP contribution is 2.31. The molecular formula is C28H49N3OS. The molecule has 0 spiro atoms. The number of anilines is 1. The van der Waals surface area contributed by atoms with Crippen LogP contribution in [0.5, 0.6) is 0 Å². The zero-order chi connectivity index (χ0) is 26.0. The van der Waals surface area contributed by atoms with E-state index in [9.17, 15) is 4.21 Å². The van der Waals surface area contributed by atoms with Gasteiger partial charge >= 0.3 is 0 Å². The first kappa shape index (κ1) is 33.1. The number of piperazine rings is 1. The van der Waals surface area contributed by atoms with E-state index in [1.54, 1.807) is 18.2 Å². The van der Waals surface area contributed by atoms with Crippen LogP contribution in [0, 0.1) is 6.92 Å². The van der Waals surface area contributed by atoms with Gasteiger partial charge < -0.3 is 9.80 Å². The molecule has 1 aromatic heterocycles. The number of likely N-dealkylation sites (N-methyl/N-ethyl adjacent to an activating group) is 1. The van der Waals surface area contributed by atoms with E-state index in [-0.39, 0.29) is 0 Å². The smallest absolute Gasteiger partial charge is 0.157 e. The number of aryl methyl sites for hydroxylation is 1. The number of aromatic nitrogens is 1. The summed E-state index contributed by atoms with van der Waals surface area (Å²) >= 11 is 0. The van der Waals surface area contributed by atoms with Gasteiger partial charge in [0.25, 0.3) is 0 Å². The van der Waals surface area contributed by atoms with E-state index in [0.717, 1.165) is 42.8 Å². The SMILES string of the molecule is C=C/C=C(\C=C)S(=O)n1c(C)cc2c(N3CCN(C)CC3)cccc21.CC.CC.CC.CC. The zero-order valence-electron chi connectivity index (χ0n) is 22.9. The topological polar surface area (TPSA) is 28.5 Å². The van der Waals surface area contributed by atoms with Crippen LogP contribution in [0.4, 0.5) is 5.69 Å². The second kappa shape index (κ2) is 19.4. The Morgan fingerprint density at radius 1 is 0.939 bits per heavy atom. The standard InChI is InChI=1S/C20H25N3OS.4C2H6/c1-5-8-17(6-2)25(24)23-16(3)15-18-19(9-7-10-20(18)23)22-13-11-21(4)12-14-22;4*1-2/h5-10,15H,1-2,11-14H2,3-4H3;4*1-2H3/b17-8+;;;;. The Hall–Kier alpha value is -2.11. The van der Waals surface area contributed by atoms with Gasteiger partial charge in [0.15, 0.2) is 11.0 Å². The molecule has 33 heavy (non-hydrogen) atoms.